The third-order valence-electron chi connectivity index (χ3n) is 2.85. The van der Waals surface area contributed by atoms with E-state index in [2.05, 4.69) is 4.74 Å². The summed E-state index contributed by atoms with van der Waals surface area (Å²) in [7, 11) is 1.12. The fourth-order valence-electron chi connectivity index (χ4n) is 1.72. The normalized spacial score (nSPS) is 10.4. The number of fused-ring (bicyclic) bond motifs is 1. The number of nitrogen functional groups attached to an aromatic ring is 1. The molecule has 2 rings (SSSR count). The van der Waals surface area contributed by atoms with Crippen molar-refractivity contribution in [2.24, 2.45) is 0 Å². The Balaban J connectivity index is 2.65. The van der Waals surface area contributed by atoms with Crippen LogP contribution in [0.1, 0.15) is 15.9 Å². The molecular weight excluding hydrogens is 250 g/mol. The molecule has 0 aliphatic carbocycles. The van der Waals surface area contributed by atoms with E-state index in [1.54, 1.807) is 13.0 Å². The van der Waals surface area contributed by atoms with E-state index in [9.17, 15) is 14.4 Å². The van der Waals surface area contributed by atoms with Gasteiger partial charge in [-0.05, 0) is 24.6 Å². The maximum absolute atomic E-state index is 11.6. The lowest BCUT2D eigenvalue weighted by Crippen LogP contribution is -2.16. The summed E-state index contributed by atoms with van der Waals surface area (Å²) in [5.41, 5.74) is 5.78. The van der Waals surface area contributed by atoms with Gasteiger partial charge in [0, 0.05) is 10.9 Å². The van der Waals surface area contributed by atoms with Crippen molar-refractivity contribution in [3.8, 4) is 0 Å². The van der Waals surface area contributed by atoms with Gasteiger partial charge in [0.25, 0.3) is 5.78 Å². The lowest BCUT2D eigenvalue weighted by atomic mass is 10.1. The van der Waals surface area contributed by atoms with E-state index in [0.29, 0.717) is 10.9 Å². The quantitative estimate of drug-likeness (QED) is 0.375. The van der Waals surface area contributed by atoms with Crippen molar-refractivity contribution in [1.82, 2.24) is 0 Å². The van der Waals surface area contributed by atoms with Crippen molar-refractivity contribution < 1.29 is 18.7 Å². The molecule has 0 amide bonds. The Kier molecular flexibility index (Phi) is 3.08. The highest BCUT2D eigenvalue weighted by molar-refractivity contribution is 6.40. The van der Waals surface area contributed by atoms with Gasteiger partial charge in [-0.1, -0.05) is 6.07 Å². The highest BCUT2D eigenvalue weighted by atomic mass is 16.5. The molecule has 0 saturated carbocycles. The average molecular weight is 261 g/mol. The molecule has 2 N–H and O–H groups in total. The monoisotopic (exact) mass is 261 g/mol. The van der Waals surface area contributed by atoms with Crippen LogP contribution in [0.15, 0.2) is 27.4 Å². The Bertz CT molecular complexity index is 745. The van der Waals surface area contributed by atoms with E-state index in [4.69, 9.17) is 10.2 Å². The molecule has 0 radical (unpaired) electrons. The summed E-state index contributed by atoms with van der Waals surface area (Å²) in [4.78, 5) is 34.2. The van der Waals surface area contributed by atoms with Crippen molar-refractivity contribution in [3.05, 3.63) is 39.7 Å². The zero-order valence-electron chi connectivity index (χ0n) is 10.4. The van der Waals surface area contributed by atoms with Gasteiger partial charge in [0.1, 0.15) is 11.3 Å². The number of anilines is 1. The fraction of sp³-hybridized carbons (Fsp3) is 0.154. The van der Waals surface area contributed by atoms with Crippen LogP contribution in [0.3, 0.4) is 0 Å². The van der Waals surface area contributed by atoms with Crippen LogP contribution in [0.5, 0.6) is 0 Å². The third kappa shape index (κ3) is 2.08. The Morgan fingerprint density at radius 2 is 2.00 bits per heavy atom. The molecule has 0 fully saturated rings. The Hall–Kier alpha value is -2.63. The number of nitrogens with two attached hydrogens (primary N) is 1. The van der Waals surface area contributed by atoms with E-state index >= 15 is 0 Å². The largest absolute Gasteiger partial charge is 0.463 e. The summed E-state index contributed by atoms with van der Waals surface area (Å²) in [5, 5.41) is 0.610. The van der Waals surface area contributed by atoms with Crippen LogP contribution >= 0.6 is 0 Å². The number of rotatable bonds is 2. The molecule has 0 bridgehead atoms. The summed E-state index contributed by atoms with van der Waals surface area (Å²) in [6.45, 7) is 1.68. The number of aryl methyl sites for hydroxylation is 1. The number of benzene rings is 1. The molecule has 98 valence electrons. The Morgan fingerprint density at radius 3 is 2.63 bits per heavy atom. The molecule has 6 heteroatoms. The number of ketones is 1. The zero-order chi connectivity index (χ0) is 14.2. The molecule has 1 heterocycles. The number of carbonyl (C=O) groups is 2. The van der Waals surface area contributed by atoms with Crippen molar-refractivity contribution >= 4 is 28.4 Å². The van der Waals surface area contributed by atoms with Crippen molar-refractivity contribution in [1.29, 1.82) is 0 Å². The second-order valence-electron chi connectivity index (χ2n) is 3.96. The predicted molar refractivity (Wildman–Crippen MR) is 68.0 cm³/mol. The SMILES string of the molecule is COC(=O)C(=O)c1ccc2c(C)c(N)c(=O)oc2c1. The maximum Gasteiger partial charge on any atom is 0.379 e. The standard InChI is InChI=1S/C13H11NO5/c1-6-8-4-3-7(11(15)13(17)18-2)5-9(8)19-12(16)10(6)14/h3-5H,14H2,1-2H3. The van der Waals surface area contributed by atoms with Crippen molar-refractivity contribution in [2.75, 3.05) is 12.8 Å². The molecular formula is C13H11NO5. The molecule has 0 spiro atoms. The second kappa shape index (κ2) is 4.56. The summed E-state index contributed by atoms with van der Waals surface area (Å²) >= 11 is 0. The predicted octanol–water partition coefficient (Wildman–Crippen LogP) is 1.04. The first-order valence-electron chi connectivity index (χ1n) is 5.41. The number of hydrogen-bond donors (Lipinski definition) is 1. The van der Waals surface area contributed by atoms with Crippen LogP contribution in [-0.2, 0) is 9.53 Å². The molecule has 1 aromatic heterocycles. The van der Waals surface area contributed by atoms with E-state index < -0.39 is 17.4 Å². The highest BCUT2D eigenvalue weighted by Gasteiger charge is 2.18. The first kappa shape index (κ1) is 12.8. The van der Waals surface area contributed by atoms with Crippen LogP contribution < -0.4 is 11.4 Å². The van der Waals surface area contributed by atoms with Crippen LogP contribution in [0.4, 0.5) is 5.69 Å². The van der Waals surface area contributed by atoms with E-state index in [0.717, 1.165) is 7.11 Å². The summed E-state index contributed by atoms with van der Waals surface area (Å²) in [6.07, 6.45) is 0. The fourth-order valence-corrected chi connectivity index (χ4v) is 1.72. The third-order valence-corrected chi connectivity index (χ3v) is 2.85. The second-order valence-corrected chi connectivity index (χ2v) is 3.96. The van der Waals surface area contributed by atoms with E-state index in [1.165, 1.54) is 12.1 Å². The first-order valence-corrected chi connectivity index (χ1v) is 5.41. The minimum Gasteiger partial charge on any atom is -0.463 e. The van der Waals surface area contributed by atoms with Crippen LogP contribution in [0.25, 0.3) is 11.0 Å². The number of hydrogen-bond acceptors (Lipinski definition) is 6. The van der Waals surface area contributed by atoms with Crippen LogP contribution in [0.2, 0.25) is 0 Å². The molecule has 0 atom stereocenters. The lowest BCUT2D eigenvalue weighted by Gasteiger charge is -2.05. The maximum atomic E-state index is 11.6. The average Bonchev–Trinajstić information content (AvgIpc) is 2.42. The molecule has 19 heavy (non-hydrogen) atoms. The van der Waals surface area contributed by atoms with Gasteiger partial charge in [0.15, 0.2) is 0 Å². The molecule has 6 nitrogen and oxygen atoms in total. The van der Waals surface area contributed by atoms with Gasteiger partial charge in [-0.25, -0.2) is 9.59 Å². The van der Waals surface area contributed by atoms with Gasteiger partial charge >= 0.3 is 11.6 Å². The van der Waals surface area contributed by atoms with Gasteiger partial charge < -0.3 is 14.9 Å². The van der Waals surface area contributed by atoms with Crippen LogP contribution in [-0.4, -0.2) is 18.9 Å². The van der Waals surface area contributed by atoms with Crippen molar-refractivity contribution in [2.45, 2.75) is 6.92 Å². The van der Waals surface area contributed by atoms with Crippen LogP contribution in [0, 0.1) is 6.92 Å². The van der Waals surface area contributed by atoms with Gasteiger partial charge in [-0.2, -0.15) is 0 Å². The smallest absolute Gasteiger partial charge is 0.379 e. The van der Waals surface area contributed by atoms with Gasteiger partial charge in [0.2, 0.25) is 0 Å². The van der Waals surface area contributed by atoms with Gasteiger partial charge in [-0.15, -0.1) is 0 Å². The summed E-state index contributed by atoms with van der Waals surface area (Å²) in [6, 6.07) is 4.34. The molecule has 0 saturated heterocycles. The van der Waals surface area contributed by atoms with E-state index in [1.807, 2.05) is 0 Å². The molecule has 1 aromatic carbocycles. The number of esters is 1. The topological polar surface area (TPSA) is 99.6 Å². The summed E-state index contributed by atoms with van der Waals surface area (Å²) in [5.74, 6) is -1.78. The van der Waals surface area contributed by atoms with Gasteiger partial charge in [0.05, 0.1) is 7.11 Å². The molecule has 0 aliphatic rings. The van der Waals surface area contributed by atoms with Gasteiger partial charge in [-0.3, -0.25) is 4.79 Å². The molecule has 2 aromatic rings. The number of Topliss-reactive ketones (excluding diaryl/α,β-unsaturated/α-hetero) is 1. The van der Waals surface area contributed by atoms with E-state index in [-0.39, 0.29) is 16.8 Å². The lowest BCUT2D eigenvalue weighted by molar-refractivity contribution is -0.135. The van der Waals surface area contributed by atoms with Crippen molar-refractivity contribution in [3.63, 3.8) is 0 Å². The minimum absolute atomic E-state index is 0.0274. The highest BCUT2D eigenvalue weighted by Crippen LogP contribution is 2.22. The Morgan fingerprint density at radius 1 is 1.32 bits per heavy atom. The molecule has 0 aliphatic heterocycles. The first-order chi connectivity index (χ1) is 8.95. The number of ether oxygens (including phenoxy) is 1. The zero-order valence-corrected chi connectivity index (χ0v) is 10.4. The number of carbonyl (C=O) groups excluding carboxylic acids is 2. The minimum atomic E-state index is -0.978. The summed E-state index contributed by atoms with van der Waals surface area (Å²) < 4.78 is 9.34. The number of methoxy groups -OCH3 is 1. The molecule has 0 unspecified atom stereocenters. The Labute approximate surface area is 107 Å².